The third-order valence-electron chi connectivity index (χ3n) is 8.37. The second-order valence-corrected chi connectivity index (χ2v) is 15.2. The highest BCUT2D eigenvalue weighted by atomic mass is 35.5. The number of benzene rings is 3. The lowest BCUT2D eigenvalue weighted by Gasteiger charge is -2.21. The van der Waals surface area contributed by atoms with Crippen molar-refractivity contribution in [1.29, 1.82) is 0 Å². The number of sulfonamides is 1. The highest BCUT2D eigenvalue weighted by molar-refractivity contribution is 7.93. The summed E-state index contributed by atoms with van der Waals surface area (Å²) in [5, 5.41) is 9.77. The number of halogens is 3. The number of ether oxygens (including phenoxy) is 1. The molecule has 0 saturated carbocycles. The smallest absolute Gasteiger partial charge is 0.338 e. The summed E-state index contributed by atoms with van der Waals surface area (Å²) in [5.74, 6) is -4.14. The predicted octanol–water partition coefficient (Wildman–Crippen LogP) is 6.07. The van der Waals surface area contributed by atoms with Crippen LogP contribution in [-0.2, 0) is 27.7 Å². The summed E-state index contributed by atoms with van der Waals surface area (Å²) in [5.41, 5.74) is 1.59. The second-order valence-electron chi connectivity index (χ2n) is 13.2. The van der Waals surface area contributed by atoms with E-state index in [0.717, 1.165) is 45.6 Å². The van der Waals surface area contributed by atoms with Gasteiger partial charge in [-0.15, -0.1) is 0 Å². The Morgan fingerprint density at radius 3 is 2.48 bits per heavy atom. The summed E-state index contributed by atoms with van der Waals surface area (Å²) in [6.07, 6.45) is 2.05. The van der Waals surface area contributed by atoms with Gasteiger partial charge in [0.15, 0.2) is 22.2 Å². The van der Waals surface area contributed by atoms with E-state index < -0.39 is 56.0 Å². The van der Waals surface area contributed by atoms with Crippen molar-refractivity contribution >= 4 is 50.7 Å². The molecule has 1 unspecified atom stereocenters. The van der Waals surface area contributed by atoms with Gasteiger partial charge < -0.3 is 15.4 Å². The lowest BCUT2D eigenvalue weighted by molar-refractivity contribution is 0.00683. The molecule has 0 saturated heterocycles. The van der Waals surface area contributed by atoms with Crippen LogP contribution >= 0.6 is 11.6 Å². The van der Waals surface area contributed by atoms with Gasteiger partial charge in [-0.1, -0.05) is 35.9 Å². The maximum Gasteiger partial charge on any atom is 0.338 e. The number of hydrogen-bond acceptors (Lipinski definition) is 8. The Kier molecular flexibility index (Phi) is 9.77. The molecular formula is C36H33ClF2N6O6S. The second kappa shape index (κ2) is 14.0. The van der Waals surface area contributed by atoms with Crippen molar-refractivity contribution in [3.05, 3.63) is 123 Å². The van der Waals surface area contributed by atoms with Gasteiger partial charge >= 0.3 is 5.97 Å². The topological polar surface area (TPSA) is 161 Å². The van der Waals surface area contributed by atoms with E-state index in [1.165, 1.54) is 18.2 Å². The number of rotatable bonds is 9. The van der Waals surface area contributed by atoms with Crippen LogP contribution in [0.25, 0.3) is 5.65 Å². The zero-order chi connectivity index (χ0) is 37.5. The maximum absolute atomic E-state index is 14.0. The molecule has 270 valence electrons. The van der Waals surface area contributed by atoms with Gasteiger partial charge in [0.05, 0.1) is 28.5 Å². The molecule has 52 heavy (non-hydrogen) atoms. The van der Waals surface area contributed by atoms with Crippen LogP contribution in [0.5, 0.6) is 0 Å². The van der Waals surface area contributed by atoms with Crippen LogP contribution in [0.3, 0.4) is 0 Å². The zero-order valence-electron chi connectivity index (χ0n) is 28.4. The van der Waals surface area contributed by atoms with Gasteiger partial charge in [-0.05, 0) is 93.1 Å². The van der Waals surface area contributed by atoms with Crippen molar-refractivity contribution < 1.29 is 36.3 Å². The molecule has 2 aromatic heterocycles. The Balaban J connectivity index is 1.34. The van der Waals surface area contributed by atoms with E-state index in [4.69, 9.17) is 16.3 Å². The molecule has 3 aromatic carbocycles. The number of amides is 2. The van der Waals surface area contributed by atoms with Gasteiger partial charge in [-0.2, -0.15) is 5.10 Å². The monoisotopic (exact) mass is 750 g/mol. The summed E-state index contributed by atoms with van der Waals surface area (Å²) in [6, 6.07) is 13.3. The molecule has 0 fully saturated rings. The number of aromatic nitrogens is 3. The van der Waals surface area contributed by atoms with E-state index >= 15 is 0 Å². The fourth-order valence-electron chi connectivity index (χ4n) is 5.89. The SMILES string of the molecule is Cc1c(C(=O)OC(C)(C)C)ccc2c1CCC2NC(=O)c1cc(C(=O)NCc2ccc(F)c(F)c2)nc2c(S(=O)(=O)Nc3ccccc3Cl)cnn12. The number of para-hydroxylation sites is 1. The molecule has 5 aromatic rings. The number of anilines is 1. The first-order valence-electron chi connectivity index (χ1n) is 16.1. The first kappa shape index (κ1) is 36.4. The number of hydrogen-bond donors (Lipinski definition) is 3. The molecule has 3 N–H and O–H groups in total. The van der Waals surface area contributed by atoms with E-state index in [2.05, 4.69) is 25.4 Å². The van der Waals surface area contributed by atoms with Crippen molar-refractivity contribution in [2.45, 2.75) is 63.6 Å². The van der Waals surface area contributed by atoms with Crippen molar-refractivity contribution in [2.75, 3.05) is 4.72 Å². The van der Waals surface area contributed by atoms with Gasteiger partial charge in [0.25, 0.3) is 21.8 Å². The first-order chi connectivity index (χ1) is 24.5. The predicted molar refractivity (Wildman–Crippen MR) is 188 cm³/mol. The molecule has 0 bridgehead atoms. The summed E-state index contributed by atoms with van der Waals surface area (Å²) in [4.78, 5) is 44.1. The zero-order valence-corrected chi connectivity index (χ0v) is 30.0. The summed E-state index contributed by atoms with van der Waals surface area (Å²) >= 11 is 6.19. The van der Waals surface area contributed by atoms with E-state index in [1.807, 2.05) is 6.92 Å². The number of nitrogens with one attached hydrogen (secondary N) is 3. The number of fused-ring (bicyclic) bond motifs is 2. The highest BCUT2D eigenvalue weighted by Gasteiger charge is 2.31. The highest BCUT2D eigenvalue weighted by Crippen LogP contribution is 2.35. The molecular weight excluding hydrogens is 718 g/mol. The third kappa shape index (κ3) is 7.46. The molecule has 6 rings (SSSR count). The Morgan fingerprint density at radius 1 is 1.02 bits per heavy atom. The lowest BCUT2D eigenvalue weighted by atomic mass is 9.97. The number of nitrogens with zero attached hydrogens (tertiary/aromatic N) is 3. The molecule has 12 nitrogen and oxygen atoms in total. The van der Waals surface area contributed by atoms with Gasteiger partial charge in [-0.25, -0.2) is 31.5 Å². The standard InChI is InChI=1S/C36H33ClF2N6O6S/c1-19-21-12-14-27(23(21)11-10-22(19)35(48)51-36(2,3)4)43-34(47)30-16-29(33(46)40-17-20-9-13-25(38)26(39)15-20)42-32-31(18-41-45(30)32)52(49,50)44-28-8-6-5-7-24(28)37/h5-11,13,15-16,18,27,44H,12,14,17H2,1-4H3,(H,40,46)(H,43,47). The van der Waals surface area contributed by atoms with Crippen LogP contribution in [0.2, 0.25) is 5.02 Å². The van der Waals surface area contributed by atoms with E-state index in [0.29, 0.717) is 18.4 Å². The minimum absolute atomic E-state index is 0.0759. The summed E-state index contributed by atoms with van der Waals surface area (Å²) < 4.78 is 63.4. The molecule has 1 aliphatic rings. The minimum atomic E-state index is -4.42. The lowest BCUT2D eigenvalue weighted by Crippen LogP contribution is -2.31. The average molecular weight is 751 g/mol. The normalized spacial score (nSPS) is 14.2. The van der Waals surface area contributed by atoms with Crippen molar-refractivity contribution in [2.24, 2.45) is 0 Å². The minimum Gasteiger partial charge on any atom is -0.456 e. The van der Waals surface area contributed by atoms with E-state index in [9.17, 15) is 31.6 Å². The fraction of sp³-hybridized carbons (Fsp3) is 0.250. The molecule has 0 radical (unpaired) electrons. The number of carbonyl (C=O) groups excluding carboxylic acids is 3. The van der Waals surface area contributed by atoms with Crippen LogP contribution in [0.15, 0.2) is 71.8 Å². The van der Waals surface area contributed by atoms with Crippen LogP contribution in [0.4, 0.5) is 14.5 Å². The van der Waals surface area contributed by atoms with Crippen molar-refractivity contribution in [3.8, 4) is 0 Å². The van der Waals surface area contributed by atoms with Crippen LogP contribution in [0.1, 0.15) is 86.8 Å². The Labute approximate surface area is 302 Å². The number of esters is 1. The summed E-state index contributed by atoms with van der Waals surface area (Å²) in [6.45, 7) is 6.94. The van der Waals surface area contributed by atoms with Gasteiger partial charge in [-0.3, -0.25) is 14.3 Å². The van der Waals surface area contributed by atoms with Gasteiger partial charge in [0.1, 0.15) is 17.0 Å². The molecule has 2 heterocycles. The van der Waals surface area contributed by atoms with Gasteiger partial charge in [0, 0.05) is 12.6 Å². The molecule has 2 amide bonds. The Hall–Kier alpha value is -5.41. The van der Waals surface area contributed by atoms with Crippen LogP contribution in [0, 0.1) is 18.6 Å². The molecule has 0 spiro atoms. The third-order valence-corrected chi connectivity index (χ3v) is 10.1. The summed E-state index contributed by atoms with van der Waals surface area (Å²) in [7, 11) is -4.42. The maximum atomic E-state index is 14.0. The molecule has 1 aliphatic carbocycles. The Morgan fingerprint density at radius 2 is 1.77 bits per heavy atom. The van der Waals surface area contributed by atoms with Crippen LogP contribution in [-0.4, -0.2) is 46.4 Å². The Bertz CT molecular complexity index is 2380. The van der Waals surface area contributed by atoms with Crippen molar-refractivity contribution in [3.63, 3.8) is 0 Å². The quantitative estimate of drug-likeness (QED) is 0.153. The van der Waals surface area contributed by atoms with Crippen molar-refractivity contribution in [1.82, 2.24) is 25.2 Å². The van der Waals surface area contributed by atoms with Gasteiger partial charge in [0.2, 0.25) is 0 Å². The fourth-order valence-corrected chi connectivity index (χ4v) is 7.27. The molecule has 16 heteroatoms. The number of carbonyl (C=O) groups is 3. The van der Waals surface area contributed by atoms with E-state index in [1.54, 1.807) is 45.0 Å². The average Bonchev–Trinajstić information content (AvgIpc) is 3.70. The first-order valence-corrected chi connectivity index (χ1v) is 17.9. The largest absolute Gasteiger partial charge is 0.456 e. The molecule has 1 atom stereocenters. The molecule has 0 aliphatic heterocycles. The van der Waals surface area contributed by atoms with Crippen LogP contribution < -0.4 is 15.4 Å². The van der Waals surface area contributed by atoms with E-state index in [-0.39, 0.29) is 39.9 Å².